The Morgan fingerprint density at radius 3 is 1.51 bits per heavy atom. The number of benzene rings is 2. The van der Waals surface area contributed by atoms with Gasteiger partial charge < -0.3 is 19.3 Å². The zero-order valence-corrected chi connectivity index (χ0v) is 31.9. The fraction of sp³-hybridized carbons (Fsp3) is 0.333. The number of aryl methyl sites for hydroxylation is 2. The molecular formula is C36H37ClF6N6O8. The topological polar surface area (TPSA) is 178 Å². The molecular weight excluding hydrogens is 794 g/mol. The fourth-order valence-corrected chi connectivity index (χ4v) is 4.06. The highest BCUT2D eigenvalue weighted by atomic mass is 35.5. The number of hydrogen-bond donors (Lipinski definition) is 1. The molecule has 1 N–H and O–H groups in total. The van der Waals surface area contributed by atoms with Crippen LogP contribution in [0.1, 0.15) is 49.9 Å². The smallest absolute Gasteiger partial charge is 0.478 e. The molecule has 4 rings (SSSR count). The number of rotatable bonds is 10. The minimum absolute atomic E-state index is 0.0450. The first-order valence-electron chi connectivity index (χ1n) is 16.4. The van der Waals surface area contributed by atoms with E-state index in [9.17, 15) is 45.5 Å². The van der Waals surface area contributed by atoms with Crippen molar-refractivity contribution >= 4 is 47.5 Å². The van der Waals surface area contributed by atoms with E-state index in [0.29, 0.717) is 23.7 Å². The number of ether oxygens (including phenoxy) is 3. The molecule has 0 spiro atoms. The van der Waals surface area contributed by atoms with E-state index in [0.717, 1.165) is 58.2 Å². The summed E-state index contributed by atoms with van der Waals surface area (Å²) in [5.41, 5.74) is -1.09. The molecule has 0 fully saturated rings. The molecule has 308 valence electrons. The van der Waals surface area contributed by atoms with Crippen molar-refractivity contribution in [1.82, 2.24) is 29.5 Å². The van der Waals surface area contributed by atoms with Crippen LogP contribution in [0.5, 0.6) is 0 Å². The Hall–Kier alpha value is -6.05. The van der Waals surface area contributed by atoms with Gasteiger partial charge in [-0.05, 0) is 73.2 Å². The number of carbonyl (C=O) groups is 4. The van der Waals surface area contributed by atoms with Crippen LogP contribution >= 0.6 is 11.6 Å². The highest BCUT2D eigenvalue weighted by Crippen LogP contribution is 2.33. The number of hydrogen-bond acceptors (Lipinski definition) is 11. The second kappa shape index (κ2) is 21.3. The lowest BCUT2D eigenvalue weighted by Gasteiger charge is -2.09. The van der Waals surface area contributed by atoms with Crippen molar-refractivity contribution < 1.29 is 64.8 Å². The molecule has 0 amide bonds. The third kappa shape index (κ3) is 18.0. The highest BCUT2D eigenvalue weighted by molar-refractivity contribution is 6.61. The molecule has 21 heteroatoms. The van der Waals surface area contributed by atoms with Crippen molar-refractivity contribution in [3.63, 3.8) is 0 Å². The monoisotopic (exact) mass is 830 g/mol. The molecule has 0 saturated heterocycles. The minimum Gasteiger partial charge on any atom is -0.478 e. The molecule has 0 aliphatic carbocycles. The van der Waals surface area contributed by atoms with E-state index >= 15 is 0 Å². The number of alkyl halides is 6. The Morgan fingerprint density at radius 2 is 1.14 bits per heavy atom. The van der Waals surface area contributed by atoms with Gasteiger partial charge >= 0.3 is 35.9 Å². The Morgan fingerprint density at radius 1 is 0.719 bits per heavy atom. The first-order chi connectivity index (χ1) is 26.4. The number of carboxylic acids is 1. The normalized spacial score (nSPS) is 11.6. The maximum Gasteiger partial charge on any atom is 0.516 e. The summed E-state index contributed by atoms with van der Waals surface area (Å²) in [6.45, 7) is 11.1. The lowest BCUT2D eigenvalue weighted by Crippen LogP contribution is -2.14. The van der Waals surface area contributed by atoms with E-state index in [-0.39, 0.29) is 35.3 Å². The number of carbonyl (C=O) groups excluding carboxylic acids is 3. The number of aliphatic carboxylic acids is 1. The van der Waals surface area contributed by atoms with Gasteiger partial charge in [-0.2, -0.15) is 26.3 Å². The van der Waals surface area contributed by atoms with Gasteiger partial charge in [0.1, 0.15) is 12.7 Å². The maximum absolute atomic E-state index is 12.9. The number of halogens is 7. The van der Waals surface area contributed by atoms with Gasteiger partial charge in [-0.25, -0.2) is 38.5 Å². The average molecular weight is 831 g/mol. The molecule has 2 aromatic carbocycles. The van der Waals surface area contributed by atoms with Gasteiger partial charge in [0.15, 0.2) is 11.6 Å². The summed E-state index contributed by atoms with van der Waals surface area (Å²) >= 11 is 4.86. The van der Waals surface area contributed by atoms with Crippen LogP contribution < -0.4 is 0 Å². The van der Waals surface area contributed by atoms with Crippen LogP contribution in [-0.2, 0) is 36.2 Å². The second-order valence-electron chi connectivity index (χ2n) is 12.6. The van der Waals surface area contributed by atoms with E-state index in [1.54, 1.807) is 6.92 Å². The number of esters is 1. The van der Waals surface area contributed by atoms with Gasteiger partial charge in [-0.3, -0.25) is 0 Å². The Kier molecular flexibility index (Phi) is 17.6. The SMILES string of the molecule is CC(C)COC(=O)Cl.Cc1cc(-c2ncn(/C=C\C(=O)O)n2)cc(C(F)(F)F)c1.Cc1cc(-c2ncn(/C=C\C(=O)OC(=O)OCC(C)C)n2)cc(C(F)(F)F)c1. The summed E-state index contributed by atoms with van der Waals surface area (Å²) in [6.07, 6.45) is -3.61. The van der Waals surface area contributed by atoms with Crippen LogP contribution in [-0.4, -0.2) is 71.4 Å². The van der Waals surface area contributed by atoms with Crippen molar-refractivity contribution in [2.45, 2.75) is 53.9 Å². The molecule has 0 unspecified atom stereocenters. The average Bonchev–Trinajstić information content (AvgIpc) is 3.78. The van der Waals surface area contributed by atoms with E-state index in [4.69, 9.17) is 21.4 Å². The molecule has 0 atom stereocenters. The molecule has 0 radical (unpaired) electrons. The van der Waals surface area contributed by atoms with Crippen molar-refractivity contribution in [2.24, 2.45) is 11.8 Å². The summed E-state index contributed by atoms with van der Waals surface area (Å²) in [4.78, 5) is 50.9. The maximum atomic E-state index is 12.9. The Bertz CT molecular complexity index is 2060. The van der Waals surface area contributed by atoms with Crippen molar-refractivity contribution in [3.05, 3.63) is 83.5 Å². The Labute approximate surface area is 326 Å². The third-order valence-corrected chi connectivity index (χ3v) is 6.43. The molecule has 0 saturated carbocycles. The van der Waals surface area contributed by atoms with Crippen molar-refractivity contribution in [2.75, 3.05) is 13.2 Å². The van der Waals surface area contributed by atoms with Crippen LogP contribution in [0.25, 0.3) is 35.2 Å². The van der Waals surface area contributed by atoms with Crippen LogP contribution in [0.15, 0.2) is 61.2 Å². The molecule has 0 aliphatic heterocycles. The van der Waals surface area contributed by atoms with Crippen molar-refractivity contribution in [3.8, 4) is 22.8 Å². The third-order valence-electron chi connectivity index (χ3n) is 6.32. The summed E-state index contributed by atoms with van der Waals surface area (Å²) in [5.74, 6) is -1.57. The second-order valence-corrected chi connectivity index (χ2v) is 12.9. The Balaban J connectivity index is 0.000000339. The van der Waals surface area contributed by atoms with Gasteiger partial charge in [-0.15, -0.1) is 10.2 Å². The highest BCUT2D eigenvalue weighted by Gasteiger charge is 2.32. The summed E-state index contributed by atoms with van der Waals surface area (Å²) in [6, 6.07) is 6.98. The lowest BCUT2D eigenvalue weighted by atomic mass is 10.1. The molecule has 2 aromatic heterocycles. The largest absolute Gasteiger partial charge is 0.516 e. The molecule has 0 bridgehead atoms. The number of carboxylic acid groups (broad SMARTS) is 1. The first kappa shape index (κ1) is 47.1. The van der Waals surface area contributed by atoms with Crippen LogP contribution in [0.3, 0.4) is 0 Å². The molecule has 14 nitrogen and oxygen atoms in total. The van der Waals surface area contributed by atoms with Crippen LogP contribution in [0.4, 0.5) is 35.9 Å². The van der Waals surface area contributed by atoms with Gasteiger partial charge in [-0.1, -0.05) is 27.7 Å². The predicted molar refractivity (Wildman–Crippen MR) is 193 cm³/mol. The molecule has 4 aromatic rings. The van der Waals surface area contributed by atoms with E-state index in [1.807, 2.05) is 27.7 Å². The van der Waals surface area contributed by atoms with Crippen molar-refractivity contribution in [1.29, 1.82) is 0 Å². The quantitative estimate of drug-likeness (QED) is 0.0528. The summed E-state index contributed by atoms with van der Waals surface area (Å²) in [7, 11) is 0. The standard InChI is InChI=1S/C18H18F3N3O4.C13H10F3N3O2.C5H9ClO2/c1-11(2)9-27-17(26)28-15(25)4-5-24-10-22-16(23-24)13-6-12(3)7-14(8-13)18(19,20)21;1-8-4-9(6-10(5-8)13(14,15)16)12-17-7-19(18-12)3-2-11(20)21;1-4(2)3-8-5(6)7/h4-8,10-11H,9H2,1-3H3;2-7H,1H3,(H,20,21);4H,3H2,1-2H3/b5-4-;3-2-;. The van der Waals surface area contributed by atoms with Crippen LogP contribution in [0.2, 0.25) is 0 Å². The zero-order chi connectivity index (χ0) is 43.1. The number of nitrogens with zero attached hydrogens (tertiary/aromatic N) is 6. The molecule has 0 aliphatic rings. The predicted octanol–water partition coefficient (Wildman–Crippen LogP) is 8.92. The number of aromatic nitrogens is 6. The van der Waals surface area contributed by atoms with Gasteiger partial charge in [0.05, 0.1) is 24.3 Å². The van der Waals surface area contributed by atoms with Crippen LogP contribution in [0, 0.1) is 25.7 Å². The fourth-order valence-electron chi connectivity index (χ4n) is 4.00. The van der Waals surface area contributed by atoms with Gasteiger partial charge in [0.25, 0.3) is 0 Å². The summed E-state index contributed by atoms with van der Waals surface area (Å²) in [5, 5.41) is 16.4. The zero-order valence-electron chi connectivity index (χ0n) is 31.1. The van der Waals surface area contributed by atoms with E-state index in [2.05, 4.69) is 29.6 Å². The summed E-state index contributed by atoms with van der Waals surface area (Å²) < 4.78 is 92.8. The lowest BCUT2D eigenvalue weighted by molar-refractivity contribution is -0.138. The van der Waals surface area contributed by atoms with E-state index < -0.39 is 47.0 Å². The molecule has 2 heterocycles. The van der Waals surface area contributed by atoms with E-state index in [1.165, 1.54) is 31.7 Å². The van der Waals surface area contributed by atoms with Gasteiger partial charge in [0, 0.05) is 47.3 Å². The first-order valence-corrected chi connectivity index (χ1v) is 16.8. The molecule has 57 heavy (non-hydrogen) atoms. The minimum atomic E-state index is -4.49. The van der Waals surface area contributed by atoms with Gasteiger partial charge in [0.2, 0.25) is 0 Å².